The Morgan fingerprint density at radius 2 is 1.17 bits per heavy atom. The summed E-state index contributed by atoms with van der Waals surface area (Å²) in [5.41, 5.74) is 2.67. The van der Waals surface area contributed by atoms with Crippen LogP contribution in [-0.4, -0.2) is 57.0 Å². The number of nitrogens with zero attached hydrogens (tertiary/aromatic N) is 2. The summed E-state index contributed by atoms with van der Waals surface area (Å²) in [6, 6.07) is 18.8. The quantitative estimate of drug-likeness (QED) is 0.0536. The predicted molar refractivity (Wildman–Crippen MR) is 200 cm³/mol. The highest BCUT2D eigenvalue weighted by atomic mass is 32.2. The molecule has 6 nitrogen and oxygen atoms in total. The van der Waals surface area contributed by atoms with Crippen molar-refractivity contribution >= 4 is 21.4 Å². The molecule has 1 fully saturated rings. The van der Waals surface area contributed by atoms with Crippen molar-refractivity contribution in [3.63, 3.8) is 0 Å². The molecule has 3 rings (SSSR count). The maximum atomic E-state index is 13.4. The number of piperazine rings is 1. The summed E-state index contributed by atoms with van der Waals surface area (Å²) in [4.78, 5) is 17.3. The third-order valence-corrected chi connectivity index (χ3v) is 10.5. The van der Waals surface area contributed by atoms with E-state index in [0.717, 1.165) is 51.9 Å². The Balaban J connectivity index is 1.57. The predicted octanol–water partition coefficient (Wildman–Crippen LogP) is 9.73. The second kappa shape index (κ2) is 22.9. The zero-order chi connectivity index (χ0) is 34.3. The van der Waals surface area contributed by atoms with Gasteiger partial charge in [-0.15, -0.1) is 0 Å². The second-order valence-corrected chi connectivity index (χ2v) is 14.5. The van der Waals surface area contributed by atoms with Gasteiger partial charge in [-0.25, -0.2) is 13.2 Å². The Morgan fingerprint density at radius 3 is 1.75 bits per heavy atom. The molecule has 0 amide bonds. The molecule has 2 aromatic rings. The summed E-state index contributed by atoms with van der Waals surface area (Å²) >= 11 is 0. The number of hydrogen-bond donors (Lipinski definition) is 0. The highest BCUT2D eigenvalue weighted by Crippen LogP contribution is 2.23. The highest BCUT2D eigenvalue weighted by Gasteiger charge is 2.27. The van der Waals surface area contributed by atoms with E-state index in [0.29, 0.717) is 0 Å². The van der Waals surface area contributed by atoms with Crippen LogP contribution in [0.15, 0.2) is 107 Å². The molecular weight excluding hydrogens is 617 g/mol. The summed E-state index contributed by atoms with van der Waals surface area (Å²) in [5, 5.41) is 0. The number of allylic oxidation sites excluding steroid dienone is 5. The zero-order valence-corrected chi connectivity index (χ0v) is 30.2. The molecule has 0 saturated carbocycles. The number of carbonyl (C=O) groups is 1. The lowest BCUT2D eigenvalue weighted by Gasteiger charge is -2.33. The smallest absolute Gasteiger partial charge is 0.350 e. The van der Waals surface area contributed by atoms with Gasteiger partial charge in [-0.2, -0.15) is 0 Å². The molecule has 7 heteroatoms. The zero-order valence-electron chi connectivity index (χ0n) is 29.4. The van der Waals surface area contributed by atoms with Crippen molar-refractivity contribution < 1.29 is 17.9 Å². The molecule has 0 N–H and O–H groups in total. The van der Waals surface area contributed by atoms with E-state index in [1.807, 2.05) is 6.20 Å². The Morgan fingerprint density at radius 1 is 0.667 bits per heavy atom. The molecule has 1 heterocycles. The number of ether oxygens (including phenoxy) is 1. The van der Waals surface area contributed by atoms with Crippen LogP contribution < -0.4 is 0 Å². The minimum absolute atomic E-state index is 0.0815. The summed E-state index contributed by atoms with van der Waals surface area (Å²) < 4.78 is 32.3. The molecule has 1 aliphatic heterocycles. The number of unbranched alkanes of at least 4 members (excludes halogenated alkanes) is 10. The lowest BCUT2D eigenvalue weighted by molar-refractivity contribution is -0.138. The van der Waals surface area contributed by atoms with Crippen molar-refractivity contribution in [1.29, 1.82) is 0 Å². The van der Waals surface area contributed by atoms with Crippen molar-refractivity contribution in [2.75, 3.05) is 32.8 Å². The third kappa shape index (κ3) is 14.3. The average molecular weight is 675 g/mol. The first kappa shape index (κ1) is 38.9. The van der Waals surface area contributed by atoms with Gasteiger partial charge in [0.05, 0.1) is 11.5 Å². The van der Waals surface area contributed by atoms with Crippen LogP contribution in [0.1, 0.15) is 103 Å². The van der Waals surface area contributed by atoms with E-state index in [1.165, 1.54) is 87.1 Å². The van der Waals surface area contributed by atoms with Gasteiger partial charge in [-0.3, -0.25) is 0 Å². The van der Waals surface area contributed by atoms with Gasteiger partial charge in [-0.1, -0.05) is 133 Å². The largest absolute Gasteiger partial charge is 0.462 e. The summed E-state index contributed by atoms with van der Waals surface area (Å²) in [6.07, 6.45) is 26.7. The van der Waals surface area contributed by atoms with E-state index in [2.05, 4.69) is 72.3 Å². The number of rotatable bonds is 22. The maximum Gasteiger partial charge on any atom is 0.350 e. The number of esters is 1. The van der Waals surface area contributed by atoms with Crippen LogP contribution in [0.4, 0.5) is 0 Å². The molecule has 0 atom stereocenters. The lowest BCUT2D eigenvalue weighted by Crippen LogP contribution is -2.41. The molecule has 48 heavy (non-hydrogen) atoms. The van der Waals surface area contributed by atoms with Crippen LogP contribution in [0.5, 0.6) is 0 Å². The van der Waals surface area contributed by atoms with Crippen molar-refractivity contribution in [2.24, 2.45) is 0 Å². The van der Waals surface area contributed by atoms with Gasteiger partial charge >= 0.3 is 5.97 Å². The molecule has 0 bridgehead atoms. The molecule has 0 aromatic heterocycles. The van der Waals surface area contributed by atoms with Crippen LogP contribution in [0, 0.1) is 0 Å². The monoisotopic (exact) mass is 674 g/mol. The van der Waals surface area contributed by atoms with E-state index in [4.69, 9.17) is 4.74 Å². The molecule has 0 radical (unpaired) electrons. The van der Waals surface area contributed by atoms with Crippen molar-refractivity contribution in [2.45, 2.75) is 102 Å². The Bertz CT molecular complexity index is 1410. The lowest BCUT2D eigenvalue weighted by atomic mass is 9.98. The summed E-state index contributed by atoms with van der Waals surface area (Å²) in [6.45, 7) is 7.95. The molecule has 2 aromatic carbocycles. The Labute approximate surface area is 291 Å². The molecular formula is C41H58N2O4S. The minimum atomic E-state index is -4.02. The SMILES string of the molecule is CCCCCCCCOC(=O)/C(=C\C=C\N1CCN(/C=C/C=C(\CCCCCCCC)c2ccccc2)CC1)S(=O)(=O)c1ccccc1. The van der Waals surface area contributed by atoms with Gasteiger partial charge in [0, 0.05) is 26.2 Å². The van der Waals surface area contributed by atoms with Crippen LogP contribution in [-0.2, 0) is 19.4 Å². The highest BCUT2D eigenvalue weighted by molar-refractivity contribution is 7.96. The standard InChI is InChI=1S/C41H58N2O4S/c1-3-5-7-9-11-15-23-38(37-24-16-13-17-25-37)26-21-30-42-32-34-43(35-33-42)31-22-29-40(48(45,46)39-27-18-14-19-28-39)41(44)47-36-20-12-10-8-6-4-2/h13-14,16-19,21-22,24-31H,3-12,15,20,23,32-36H2,1-2H3/b30-21+,31-22+,38-26+,40-29+. The summed E-state index contributed by atoms with van der Waals surface area (Å²) in [7, 11) is -4.02. The first-order valence-corrected chi connectivity index (χ1v) is 19.7. The van der Waals surface area contributed by atoms with Crippen molar-refractivity contribution in [3.05, 3.63) is 108 Å². The molecule has 1 aliphatic rings. The van der Waals surface area contributed by atoms with E-state index >= 15 is 0 Å². The first-order valence-electron chi connectivity index (χ1n) is 18.2. The van der Waals surface area contributed by atoms with E-state index < -0.39 is 15.8 Å². The Hall–Kier alpha value is -3.58. The van der Waals surface area contributed by atoms with Crippen LogP contribution in [0.25, 0.3) is 5.57 Å². The number of benzene rings is 2. The Kier molecular flexibility index (Phi) is 18.5. The number of hydrogen-bond acceptors (Lipinski definition) is 6. The van der Waals surface area contributed by atoms with Gasteiger partial charge in [0.25, 0.3) is 0 Å². The molecule has 1 saturated heterocycles. The fourth-order valence-corrected chi connectivity index (χ4v) is 7.06. The van der Waals surface area contributed by atoms with E-state index in [9.17, 15) is 13.2 Å². The number of sulfone groups is 1. The van der Waals surface area contributed by atoms with Crippen molar-refractivity contribution in [1.82, 2.24) is 9.80 Å². The fraction of sp³-hybridized carbons (Fsp3) is 0.488. The van der Waals surface area contributed by atoms with E-state index in [1.54, 1.807) is 24.3 Å². The van der Waals surface area contributed by atoms with Gasteiger partial charge in [0.2, 0.25) is 9.84 Å². The average Bonchev–Trinajstić information content (AvgIpc) is 3.11. The molecule has 0 aliphatic carbocycles. The van der Waals surface area contributed by atoms with Gasteiger partial charge in [-0.05, 0) is 73.2 Å². The van der Waals surface area contributed by atoms with Crippen LogP contribution in [0.2, 0.25) is 0 Å². The molecule has 0 unspecified atom stereocenters. The van der Waals surface area contributed by atoms with E-state index in [-0.39, 0.29) is 16.4 Å². The fourth-order valence-electron chi connectivity index (χ4n) is 5.75. The van der Waals surface area contributed by atoms with Gasteiger partial charge in [0.15, 0.2) is 4.91 Å². The third-order valence-electron chi connectivity index (χ3n) is 8.71. The van der Waals surface area contributed by atoms with Gasteiger partial charge in [0.1, 0.15) is 0 Å². The minimum Gasteiger partial charge on any atom is -0.462 e. The molecule has 262 valence electrons. The van der Waals surface area contributed by atoms with Crippen LogP contribution in [0.3, 0.4) is 0 Å². The maximum absolute atomic E-state index is 13.4. The second-order valence-electron chi connectivity index (χ2n) is 12.6. The molecule has 0 spiro atoms. The normalized spacial score (nSPS) is 14.7. The topological polar surface area (TPSA) is 66.9 Å². The van der Waals surface area contributed by atoms with Crippen molar-refractivity contribution in [3.8, 4) is 0 Å². The first-order chi connectivity index (χ1) is 23.5. The van der Waals surface area contributed by atoms with Crippen LogP contribution >= 0.6 is 0 Å². The summed E-state index contributed by atoms with van der Waals surface area (Å²) in [5.74, 6) is -0.800. The number of carbonyl (C=O) groups excluding carboxylic acids is 1. The van der Waals surface area contributed by atoms with Gasteiger partial charge < -0.3 is 14.5 Å².